The van der Waals surface area contributed by atoms with Crippen molar-refractivity contribution in [3.8, 4) is 11.3 Å². The monoisotopic (exact) mass is 328 g/mol. The number of nitrogens with zero attached hydrogens (tertiary/aromatic N) is 2. The van der Waals surface area contributed by atoms with Gasteiger partial charge in [0.1, 0.15) is 0 Å². The average Bonchev–Trinajstić information content (AvgIpc) is 3.04. The highest BCUT2D eigenvalue weighted by Gasteiger charge is 2.09. The molecule has 0 aliphatic carbocycles. The summed E-state index contributed by atoms with van der Waals surface area (Å²) in [6, 6.07) is 12.1. The van der Waals surface area contributed by atoms with E-state index >= 15 is 0 Å². The van der Waals surface area contributed by atoms with Crippen LogP contribution in [0, 0.1) is 0 Å². The Morgan fingerprint density at radius 1 is 1.25 bits per heavy atom. The highest BCUT2D eigenvalue weighted by atomic mass is 16.2. The molecular formula is C18H24N4O2. The summed E-state index contributed by atoms with van der Waals surface area (Å²) in [5, 5.41) is 10.0. The van der Waals surface area contributed by atoms with Gasteiger partial charge >= 0.3 is 0 Å². The number of carbonyl (C=O) groups excluding carboxylic acids is 2. The first-order valence-electron chi connectivity index (χ1n) is 8.14. The third kappa shape index (κ3) is 5.53. The van der Waals surface area contributed by atoms with Gasteiger partial charge in [-0.25, -0.2) is 0 Å². The molecule has 0 saturated carbocycles. The lowest BCUT2D eigenvalue weighted by Gasteiger charge is -2.16. The highest BCUT2D eigenvalue weighted by molar-refractivity contribution is 5.77. The summed E-state index contributed by atoms with van der Waals surface area (Å²) in [5.41, 5.74) is 3.09. The smallest absolute Gasteiger partial charge is 0.224 e. The fraction of sp³-hybridized carbons (Fsp3) is 0.389. The SMILES string of the molecule is CC(=O)NCCC(=O)N(C)CCCc1cc(-c2ccccc2)n[nH]1. The fourth-order valence-electron chi connectivity index (χ4n) is 2.41. The summed E-state index contributed by atoms with van der Waals surface area (Å²) in [5.74, 6) is -0.0720. The van der Waals surface area contributed by atoms with Gasteiger partial charge in [-0.05, 0) is 18.9 Å². The molecule has 1 aromatic carbocycles. The Morgan fingerprint density at radius 2 is 2.00 bits per heavy atom. The Bertz CT molecular complexity index is 667. The Balaban J connectivity index is 1.73. The summed E-state index contributed by atoms with van der Waals surface area (Å²) in [7, 11) is 1.79. The van der Waals surface area contributed by atoms with Gasteiger partial charge in [0, 0.05) is 44.7 Å². The van der Waals surface area contributed by atoms with Crippen LogP contribution >= 0.6 is 0 Å². The number of rotatable bonds is 8. The minimum atomic E-state index is -0.112. The molecule has 0 spiro atoms. The van der Waals surface area contributed by atoms with Crippen molar-refractivity contribution in [1.29, 1.82) is 0 Å². The quantitative estimate of drug-likeness (QED) is 0.778. The van der Waals surface area contributed by atoms with Gasteiger partial charge < -0.3 is 10.2 Å². The molecule has 1 aromatic heterocycles. The van der Waals surface area contributed by atoms with E-state index in [2.05, 4.69) is 15.5 Å². The molecule has 1 heterocycles. The van der Waals surface area contributed by atoms with Crippen molar-refractivity contribution in [2.75, 3.05) is 20.1 Å². The molecule has 6 heteroatoms. The van der Waals surface area contributed by atoms with Crippen molar-refractivity contribution in [3.63, 3.8) is 0 Å². The standard InChI is InChI=1S/C18H24N4O2/c1-14(23)19-11-10-18(24)22(2)12-6-9-16-13-17(21-20-16)15-7-4-3-5-8-15/h3-5,7-8,13H,6,9-12H2,1-2H3,(H,19,23)(H,20,21). The van der Waals surface area contributed by atoms with Crippen LogP contribution in [0.5, 0.6) is 0 Å². The lowest BCUT2D eigenvalue weighted by molar-refractivity contribution is -0.129. The van der Waals surface area contributed by atoms with Crippen molar-refractivity contribution in [1.82, 2.24) is 20.4 Å². The van der Waals surface area contributed by atoms with Crippen molar-refractivity contribution >= 4 is 11.8 Å². The van der Waals surface area contributed by atoms with Gasteiger partial charge in [0.25, 0.3) is 0 Å². The van der Waals surface area contributed by atoms with Gasteiger partial charge in [0.15, 0.2) is 0 Å². The van der Waals surface area contributed by atoms with Crippen molar-refractivity contribution in [2.45, 2.75) is 26.2 Å². The van der Waals surface area contributed by atoms with E-state index in [0.29, 0.717) is 19.5 Å². The zero-order chi connectivity index (χ0) is 17.4. The van der Waals surface area contributed by atoms with E-state index in [4.69, 9.17) is 0 Å². The number of carbonyl (C=O) groups is 2. The summed E-state index contributed by atoms with van der Waals surface area (Å²) < 4.78 is 0. The number of H-pyrrole nitrogens is 1. The summed E-state index contributed by atoms with van der Waals surface area (Å²) in [4.78, 5) is 24.4. The molecule has 2 amide bonds. The van der Waals surface area contributed by atoms with Gasteiger partial charge in [0.2, 0.25) is 11.8 Å². The largest absolute Gasteiger partial charge is 0.356 e. The molecule has 6 nitrogen and oxygen atoms in total. The van der Waals surface area contributed by atoms with E-state index in [1.54, 1.807) is 11.9 Å². The van der Waals surface area contributed by atoms with Crippen LogP contribution in [-0.4, -0.2) is 47.0 Å². The van der Waals surface area contributed by atoms with Crippen LogP contribution in [0.1, 0.15) is 25.5 Å². The fourth-order valence-corrected chi connectivity index (χ4v) is 2.41. The van der Waals surface area contributed by atoms with Gasteiger partial charge in [0.05, 0.1) is 5.69 Å². The van der Waals surface area contributed by atoms with E-state index in [0.717, 1.165) is 29.8 Å². The number of hydrogen-bond acceptors (Lipinski definition) is 3. The maximum atomic E-state index is 11.9. The van der Waals surface area contributed by atoms with Crippen LogP contribution in [0.4, 0.5) is 0 Å². The average molecular weight is 328 g/mol. The third-order valence-electron chi connectivity index (χ3n) is 3.78. The Kier molecular flexibility index (Phi) is 6.54. The number of aromatic nitrogens is 2. The molecule has 2 N–H and O–H groups in total. The first kappa shape index (κ1) is 17.7. The zero-order valence-electron chi connectivity index (χ0n) is 14.2. The molecule has 2 aromatic rings. The number of benzene rings is 1. The van der Waals surface area contributed by atoms with Crippen LogP contribution in [-0.2, 0) is 16.0 Å². The predicted molar refractivity (Wildman–Crippen MR) is 93.3 cm³/mol. The van der Waals surface area contributed by atoms with Crippen LogP contribution in [0.3, 0.4) is 0 Å². The second-order valence-electron chi connectivity index (χ2n) is 5.80. The second kappa shape index (κ2) is 8.86. The number of aryl methyl sites for hydroxylation is 1. The van der Waals surface area contributed by atoms with E-state index in [1.807, 2.05) is 36.4 Å². The van der Waals surface area contributed by atoms with E-state index in [9.17, 15) is 9.59 Å². The molecule has 0 unspecified atom stereocenters. The third-order valence-corrected chi connectivity index (χ3v) is 3.78. The first-order valence-corrected chi connectivity index (χ1v) is 8.14. The molecule has 0 fully saturated rings. The van der Waals surface area contributed by atoms with Crippen LogP contribution < -0.4 is 5.32 Å². The molecule has 0 aliphatic heterocycles. The van der Waals surface area contributed by atoms with Gasteiger partial charge in [-0.1, -0.05) is 30.3 Å². The molecule has 24 heavy (non-hydrogen) atoms. The molecule has 128 valence electrons. The second-order valence-corrected chi connectivity index (χ2v) is 5.80. The van der Waals surface area contributed by atoms with Crippen molar-refractivity contribution in [2.24, 2.45) is 0 Å². The normalized spacial score (nSPS) is 10.4. The molecule has 0 radical (unpaired) electrons. The molecule has 0 bridgehead atoms. The number of hydrogen-bond donors (Lipinski definition) is 2. The molecule has 0 aliphatic rings. The van der Waals surface area contributed by atoms with Crippen LogP contribution in [0.2, 0.25) is 0 Å². The number of aromatic amines is 1. The number of nitrogens with one attached hydrogen (secondary N) is 2. The maximum absolute atomic E-state index is 11.9. The Labute approximate surface area is 142 Å². The zero-order valence-corrected chi connectivity index (χ0v) is 14.2. The maximum Gasteiger partial charge on any atom is 0.224 e. The molecule has 0 atom stereocenters. The molecular weight excluding hydrogens is 304 g/mol. The Hall–Kier alpha value is -2.63. The number of amides is 2. The summed E-state index contributed by atoms with van der Waals surface area (Å²) in [6.45, 7) is 2.51. The summed E-state index contributed by atoms with van der Waals surface area (Å²) in [6.07, 6.45) is 2.03. The van der Waals surface area contributed by atoms with Crippen LogP contribution in [0.15, 0.2) is 36.4 Å². The van der Waals surface area contributed by atoms with Crippen LogP contribution in [0.25, 0.3) is 11.3 Å². The van der Waals surface area contributed by atoms with Gasteiger partial charge in [-0.3, -0.25) is 14.7 Å². The topological polar surface area (TPSA) is 78.1 Å². The van der Waals surface area contributed by atoms with Crippen molar-refractivity contribution < 1.29 is 9.59 Å². The van der Waals surface area contributed by atoms with Crippen molar-refractivity contribution in [3.05, 3.63) is 42.1 Å². The van der Waals surface area contributed by atoms with Gasteiger partial charge in [-0.15, -0.1) is 0 Å². The minimum absolute atomic E-state index is 0.0401. The first-order chi connectivity index (χ1) is 11.6. The van der Waals surface area contributed by atoms with E-state index in [1.165, 1.54) is 6.92 Å². The highest BCUT2D eigenvalue weighted by Crippen LogP contribution is 2.17. The minimum Gasteiger partial charge on any atom is -0.356 e. The lowest BCUT2D eigenvalue weighted by Crippen LogP contribution is -2.32. The Morgan fingerprint density at radius 3 is 2.71 bits per heavy atom. The van der Waals surface area contributed by atoms with E-state index < -0.39 is 0 Å². The molecule has 0 saturated heterocycles. The lowest BCUT2D eigenvalue weighted by atomic mass is 10.1. The van der Waals surface area contributed by atoms with Gasteiger partial charge in [-0.2, -0.15) is 5.10 Å². The molecule has 2 rings (SSSR count). The van der Waals surface area contributed by atoms with E-state index in [-0.39, 0.29) is 11.8 Å². The predicted octanol–water partition coefficient (Wildman–Crippen LogP) is 1.99. The summed E-state index contributed by atoms with van der Waals surface area (Å²) >= 11 is 0.